The van der Waals surface area contributed by atoms with Gasteiger partial charge in [0.25, 0.3) is 0 Å². The van der Waals surface area contributed by atoms with Crippen LogP contribution in [0.15, 0.2) is 47.1 Å². The normalized spacial score (nSPS) is 22.7. The standard InChI is InChI=1S/C22H30N2O3/c1-16-7-5-10-20(17(16)2)23-22(26)15-24(14-19-9-6-12-27-19)13-18-8-3-4-11-21(18)25/h3-4,6,8-9,11-12,16-17,20,25H,5,7,10,13-15H2,1-2H3,(H,23,26). The van der Waals surface area contributed by atoms with Gasteiger partial charge in [-0.15, -0.1) is 0 Å². The van der Waals surface area contributed by atoms with Crippen molar-refractivity contribution in [3.63, 3.8) is 0 Å². The number of para-hydroxylation sites is 1. The molecule has 1 aromatic heterocycles. The highest BCUT2D eigenvalue weighted by Gasteiger charge is 2.28. The lowest BCUT2D eigenvalue weighted by atomic mass is 9.78. The summed E-state index contributed by atoms with van der Waals surface area (Å²) in [6.45, 7) is 5.78. The Bertz CT molecular complexity index is 729. The number of nitrogens with zero attached hydrogens (tertiary/aromatic N) is 1. The Morgan fingerprint density at radius 2 is 2.00 bits per heavy atom. The summed E-state index contributed by atoms with van der Waals surface area (Å²) < 4.78 is 5.46. The van der Waals surface area contributed by atoms with Gasteiger partial charge >= 0.3 is 0 Å². The van der Waals surface area contributed by atoms with Crippen LogP contribution in [-0.4, -0.2) is 28.5 Å². The van der Waals surface area contributed by atoms with Gasteiger partial charge in [-0.05, 0) is 36.5 Å². The van der Waals surface area contributed by atoms with Crippen molar-refractivity contribution >= 4 is 5.91 Å². The number of nitrogens with one attached hydrogen (secondary N) is 1. The first-order valence-corrected chi connectivity index (χ1v) is 9.84. The molecule has 0 spiro atoms. The summed E-state index contributed by atoms with van der Waals surface area (Å²) in [5.41, 5.74) is 0.802. The van der Waals surface area contributed by atoms with Crippen molar-refractivity contribution in [3.05, 3.63) is 54.0 Å². The zero-order chi connectivity index (χ0) is 19.2. The molecule has 1 saturated carbocycles. The molecule has 1 amide bonds. The molecule has 3 unspecified atom stereocenters. The summed E-state index contributed by atoms with van der Waals surface area (Å²) in [6.07, 6.45) is 5.10. The van der Waals surface area contributed by atoms with Crippen LogP contribution in [0.3, 0.4) is 0 Å². The van der Waals surface area contributed by atoms with Gasteiger partial charge < -0.3 is 14.8 Å². The fourth-order valence-corrected chi connectivity index (χ4v) is 3.92. The van der Waals surface area contributed by atoms with E-state index < -0.39 is 0 Å². The molecule has 2 aromatic rings. The maximum Gasteiger partial charge on any atom is 0.234 e. The second-order valence-electron chi connectivity index (χ2n) is 7.79. The molecule has 0 radical (unpaired) electrons. The zero-order valence-electron chi connectivity index (χ0n) is 16.2. The van der Waals surface area contributed by atoms with Crippen molar-refractivity contribution in [2.24, 2.45) is 11.8 Å². The van der Waals surface area contributed by atoms with Gasteiger partial charge in [0.05, 0.1) is 19.4 Å². The molecule has 1 heterocycles. The summed E-state index contributed by atoms with van der Waals surface area (Å²) in [5, 5.41) is 13.3. The fourth-order valence-electron chi connectivity index (χ4n) is 3.92. The van der Waals surface area contributed by atoms with Crippen molar-refractivity contribution < 1.29 is 14.3 Å². The van der Waals surface area contributed by atoms with Crippen LogP contribution in [-0.2, 0) is 17.9 Å². The van der Waals surface area contributed by atoms with Gasteiger partial charge in [-0.2, -0.15) is 0 Å². The van der Waals surface area contributed by atoms with E-state index in [1.54, 1.807) is 18.4 Å². The minimum atomic E-state index is 0.0305. The van der Waals surface area contributed by atoms with Crippen molar-refractivity contribution in [2.75, 3.05) is 6.54 Å². The van der Waals surface area contributed by atoms with Gasteiger partial charge in [-0.3, -0.25) is 9.69 Å². The second kappa shape index (κ2) is 9.09. The van der Waals surface area contributed by atoms with Crippen molar-refractivity contribution in [1.29, 1.82) is 0 Å². The topological polar surface area (TPSA) is 65.7 Å². The Kier molecular flexibility index (Phi) is 6.56. The quantitative estimate of drug-likeness (QED) is 0.775. The van der Waals surface area contributed by atoms with Crippen LogP contribution in [0.1, 0.15) is 44.4 Å². The van der Waals surface area contributed by atoms with Crippen LogP contribution in [0.4, 0.5) is 0 Å². The van der Waals surface area contributed by atoms with Crippen LogP contribution < -0.4 is 5.32 Å². The molecular weight excluding hydrogens is 340 g/mol. The summed E-state index contributed by atoms with van der Waals surface area (Å²) in [5.74, 6) is 2.22. The summed E-state index contributed by atoms with van der Waals surface area (Å²) in [7, 11) is 0. The largest absolute Gasteiger partial charge is 0.508 e. The minimum Gasteiger partial charge on any atom is -0.508 e. The Labute approximate surface area is 161 Å². The second-order valence-corrected chi connectivity index (χ2v) is 7.79. The van der Waals surface area contributed by atoms with E-state index in [4.69, 9.17) is 4.42 Å². The molecule has 1 fully saturated rings. The molecule has 5 heteroatoms. The third-order valence-electron chi connectivity index (χ3n) is 5.77. The van der Waals surface area contributed by atoms with Crippen LogP contribution in [0.25, 0.3) is 0 Å². The molecule has 1 aromatic carbocycles. The van der Waals surface area contributed by atoms with Crippen LogP contribution in [0.2, 0.25) is 0 Å². The molecule has 146 valence electrons. The van der Waals surface area contributed by atoms with E-state index in [2.05, 4.69) is 19.2 Å². The average molecular weight is 370 g/mol. The number of amides is 1. The van der Waals surface area contributed by atoms with Crippen LogP contribution in [0.5, 0.6) is 5.75 Å². The molecular formula is C22H30N2O3. The monoisotopic (exact) mass is 370 g/mol. The highest BCUT2D eigenvalue weighted by atomic mass is 16.3. The van der Waals surface area contributed by atoms with Gasteiger partial charge in [0.1, 0.15) is 11.5 Å². The third-order valence-corrected chi connectivity index (χ3v) is 5.77. The maximum atomic E-state index is 12.7. The zero-order valence-corrected chi connectivity index (χ0v) is 16.2. The highest BCUT2D eigenvalue weighted by molar-refractivity contribution is 5.78. The number of rotatable bonds is 7. The predicted octanol–water partition coefficient (Wildman–Crippen LogP) is 3.93. The fraction of sp³-hybridized carbons (Fsp3) is 0.500. The van der Waals surface area contributed by atoms with Crippen molar-refractivity contribution in [2.45, 2.75) is 52.2 Å². The summed E-state index contributed by atoms with van der Waals surface area (Å²) in [4.78, 5) is 14.7. The Hall–Kier alpha value is -2.27. The van der Waals surface area contributed by atoms with Crippen molar-refractivity contribution in [3.8, 4) is 5.75 Å². The Morgan fingerprint density at radius 3 is 2.74 bits per heavy atom. The molecule has 2 N–H and O–H groups in total. The van der Waals surface area contributed by atoms with Gasteiger partial charge in [-0.1, -0.05) is 44.9 Å². The predicted molar refractivity (Wildman–Crippen MR) is 105 cm³/mol. The smallest absolute Gasteiger partial charge is 0.234 e. The number of aromatic hydroxyl groups is 1. The summed E-state index contributed by atoms with van der Waals surface area (Å²) >= 11 is 0. The highest BCUT2D eigenvalue weighted by Crippen LogP contribution is 2.29. The van der Waals surface area contributed by atoms with Crippen LogP contribution in [0, 0.1) is 11.8 Å². The molecule has 0 bridgehead atoms. The molecule has 27 heavy (non-hydrogen) atoms. The molecule has 0 saturated heterocycles. The van der Waals surface area contributed by atoms with Crippen molar-refractivity contribution in [1.82, 2.24) is 10.2 Å². The molecule has 3 atom stereocenters. The number of carbonyl (C=O) groups is 1. The van der Waals surface area contributed by atoms with Gasteiger partial charge in [0.2, 0.25) is 5.91 Å². The van der Waals surface area contributed by atoms with Gasteiger partial charge in [0, 0.05) is 18.2 Å². The first-order chi connectivity index (χ1) is 13.0. The van der Waals surface area contributed by atoms with E-state index in [1.165, 1.54) is 12.8 Å². The molecule has 0 aliphatic heterocycles. The lowest BCUT2D eigenvalue weighted by Gasteiger charge is -2.35. The lowest BCUT2D eigenvalue weighted by Crippen LogP contribution is -2.47. The number of carbonyl (C=O) groups excluding carboxylic acids is 1. The number of benzene rings is 1. The van der Waals surface area contributed by atoms with E-state index in [0.717, 1.165) is 17.7 Å². The lowest BCUT2D eigenvalue weighted by molar-refractivity contribution is -0.124. The van der Waals surface area contributed by atoms with Gasteiger partial charge in [-0.25, -0.2) is 0 Å². The third kappa shape index (κ3) is 5.36. The Morgan fingerprint density at radius 1 is 1.19 bits per heavy atom. The Balaban J connectivity index is 1.65. The number of hydrogen-bond donors (Lipinski definition) is 2. The maximum absolute atomic E-state index is 12.7. The van der Waals surface area contributed by atoms with Gasteiger partial charge in [0.15, 0.2) is 0 Å². The number of phenolic OH excluding ortho intramolecular Hbond substituents is 1. The SMILES string of the molecule is CC1CCCC(NC(=O)CN(Cc2ccco2)Cc2ccccc2O)C1C. The minimum absolute atomic E-state index is 0.0305. The molecule has 3 rings (SSSR count). The number of phenols is 1. The number of furan rings is 1. The first kappa shape index (κ1) is 19.5. The summed E-state index contributed by atoms with van der Waals surface area (Å²) in [6, 6.07) is 11.2. The first-order valence-electron chi connectivity index (χ1n) is 9.84. The molecule has 5 nitrogen and oxygen atoms in total. The van der Waals surface area contributed by atoms with Crippen LogP contribution >= 0.6 is 0 Å². The van der Waals surface area contributed by atoms with E-state index in [1.807, 2.05) is 29.2 Å². The molecule has 1 aliphatic carbocycles. The van der Waals surface area contributed by atoms with E-state index in [9.17, 15) is 9.90 Å². The average Bonchev–Trinajstić information content (AvgIpc) is 3.14. The molecule has 1 aliphatic rings. The number of hydrogen-bond acceptors (Lipinski definition) is 4. The van der Waals surface area contributed by atoms with E-state index in [0.29, 0.717) is 24.9 Å². The van der Waals surface area contributed by atoms with E-state index >= 15 is 0 Å². The van der Waals surface area contributed by atoms with E-state index in [-0.39, 0.29) is 24.2 Å².